The van der Waals surface area contributed by atoms with Gasteiger partial charge in [0, 0.05) is 45.7 Å². The average molecular weight is 505 g/mol. The lowest BCUT2D eigenvalue weighted by atomic mass is 9.84. The number of rotatable bonds is 6. The van der Waals surface area contributed by atoms with Crippen LogP contribution in [0.1, 0.15) is 19.3 Å². The van der Waals surface area contributed by atoms with Gasteiger partial charge in [-0.2, -0.15) is 5.10 Å². The lowest BCUT2D eigenvalue weighted by Crippen LogP contribution is -2.33. The van der Waals surface area contributed by atoms with Gasteiger partial charge in [-0.3, -0.25) is 15.1 Å². The largest absolute Gasteiger partial charge is 0.374 e. The summed E-state index contributed by atoms with van der Waals surface area (Å²) in [5.74, 6) is -0.00968. The standard InChI is InChI=1S/C30H25FN6O/c31-24-7-2-1-6-21(24)28-23-14-27(35-25(23)10-11-33-28)29-22-13-18(8-9-26(22)36-37-29)19-12-20(16-32-15-19)34-30(38)17-4-3-5-17/h1-2,6-17,30,34-35,38H,3-5H2,(H,36,37). The minimum absolute atomic E-state index is 0.300. The molecule has 0 radical (unpaired) electrons. The van der Waals surface area contributed by atoms with Crippen LogP contribution in [0.3, 0.4) is 0 Å². The number of anilines is 1. The van der Waals surface area contributed by atoms with E-state index in [9.17, 15) is 9.50 Å². The third-order valence-corrected chi connectivity index (χ3v) is 7.48. The summed E-state index contributed by atoms with van der Waals surface area (Å²) in [4.78, 5) is 12.3. The third kappa shape index (κ3) is 3.90. The fourth-order valence-corrected chi connectivity index (χ4v) is 5.17. The Hall–Kier alpha value is -4.56. The summed E-state index contributed by atoms with van der Waals surface area (Å²) in [6.45, 7) is 0. The highest BCUT2D eigenvalue weighted by atomic mass is 19.1. The summed E-state index contributed by atoms with van der Waals surface area (Å²) < 4.78 is 14.6. The van der Waals surface area contributed by atoms with E-state index < -0.39 is 6.23 Å². The summed E-state index contributed by atoms with van der Waals surface area (Å²) >= 11 is 0. The fourth-order valence-electron chi connectivity index (χ4n) is 5.17. The van der Waals surface area contributed by atoms with E-state index in [2.05, 4.69) is 36.5 Å². The topological polar surface area (TPSA) is 103 Å². The number of aliphatic hydroxyl groups excluding tert-OH is 1. The van der Waals surface area contributed by atoms with Crippen LogP contribution in [0, 0.1) is 11.7 Å². The Morgan fingerprint density at radius 2 is 1.79 bits per heavy atom. The highest BCUT2D eigenvalue weighted by Gasteiger charge is 2.25. The van der Waals surface area contributed by atoms with Gasteiger partial charge in [0.2, 0.25) is 0 Å². The molecule has 0 spiro atoms. The summed E-state index contributed by atoms with van der Waals surface area (Å²) in [5, 5.41) is 23.1. The zero-order valence-electron chi connectivity index (χ0n) is 20.4. The van der Waals surface area contributed by atoms with Gasteiger partial charge in [-0.25, -0.2) is 4.39 Å². The molecule has 8 heteroatoms. The molecule has 7 nitrogen and oxygen atoms in total. The maximum Gasteiger partial charge on any atom is 0.132 e. The van der Waals surface area contributed by atoms with Crippen molar-refractivity contribution in [1.82, 2.24) is 25.1 Å². The van der Waals surface area contributed by atoms with Gasteiger partial charge >= 0.3 is 0 Å². The molecule has 0 saturated heterocycles. The van der Waals surface area contributed by atoms with Gasteiger partial charge in [0.05, 0.1) is 28.8 Å². The monoisotopic (exact) mass is 504 g/mol. The number of pyridine rings is 2. The fraction of sp³-hybridized carbons (Fsp3) is 0.167. The number of aromatic nitrogens is 5. The first-order valence-corrected chi connectivity index (χ1v) is 12.8. The summed E-state index contributed by atoms with van der Waals surface area (Å²) in [6, 6.07) is 18.6. The number of aliphatic hydroxyl groups is 1. The molecule has 7 rings (SSSR count). The first-order valence-electron chi connectivity index (χ1n) is 12.8. The van der Waals surface area contributed by atoms with Crippen LogP contribution in [-0.2, 0) is 0 Å². The molecule has 38 heavy (non-hydrogen) atoms. The van der Waals surface area contributed by atoms with Crippen molar-refractivity contribution in [3.8, 4) is 33.8 Å². The zero-order valence-corrected chi connectivity index (χ0v) is 20.4. The number of hydrogen-bond donors (Lipinski definition) is 4. The van der Waals surface area contributed by atoms with Gasteiger partial charge < -0.3 is 15.4 Å². The van der Waals surface area contributed by atoms with Crippen LogP contribution in [0.2, 0.25) is 0 Å². The van der Waals surface area contributed by atoms with E-state index in [-0.39, 0.29) is 5.82 Å². The smallest absolute Gasteiger partial charge is 0.132 e. The second kappa shape index (κ2) is 9.08. The van der Waals surface area contributed by atoms with Gasteiger partial charge in [0.1, 0.15) is 17.7 Å². The van der Waals surface area contributed by atoms with E-state index in [1.165, 1.54) is 12.5 Å². The summed E-state index contributed by atoms with van der Waals surface area (Å²) in [7, 11) is 0. The first-order chi connectivity index (χ1) is 18.6. The van der Waals surface area contributed by atoms with Crippen molar-refractivity contribution in [2.45, 2.75) is 25.5 Å². The first kappa shape index (κ1) is 22.6. The molecule has 6 aromatic rings. The highest BCUT2D eigenvalue weighted by Crippen LogP contribution is 2.35. The third-order valence-electron chi connectivity index (χ3n) is 7.48. The number of fused-ring (bicyclic) bond motifs is 2. The molecule has 0 aliphatic heterocycles. The molecule has 4 N–H and O–H groups in total. The molecule has 1 fully saturated rings. The second-order valence-corrected chi connectivity index (χ2v) is 9.86. The Bertz CT molecular complexity index is 1790. The number of H-pyrrole nitrogens is 2. The van der Waals surface area contributed by atoms with E-state index in [1.807, 2.05) is 42.6 Å². The molecular weight excluding hydrogens is 479 g/mol. The van der Waals surface area contributed by atoms with Crippen LogP contribution in [0.5, 0.6) is 0 Å². The Labute approximate surface area is 217 Å². The van der Waals surface area contributed by atoms with Crippen molar-refractivity contribution in [2.24, 2.45) is 5.92 Å². The number of nitrogens with one attached hydrogen (secondary N) is 3. The normalized spacial score (nSPS) is 14.6. The second-order valence-electron chi connectivity index (χ2n) is 9.86. The predicted octanol–water partition coefficient (Wildman–Crippen LogP) is 6.50. The van der Waals surface area contributed by atoms with Crippen LogP contribution >= 0.6 is 0 Å². The van der Waals surface area contributed by atoms with Crippen molar-refractivity contribution in [2.75, 3.05) is 5.32 Å². The van der Waals surface area contributed by atoms with E-state index in [0.29, 0.717) is 17.2 Å². The SMILES string of the molecule is OC(Nc1cncc(-c2ccc3[nH]nc(-c4cc5c(-c6ccccc6F)nccc5[nH]4)c3c2)c1)C1CCC1. The van der Waals surface area contributed by atoms with Crippen molar-refractivity contribution >= 4 is 27.5 Å². The molecule has 1 atom stereocenters. The molecule has 188 valence electrons. The summed E-state index contributed by atoms with van der Waals surface area (Å²) in [6.07, 6.45) is 7.94. The lowest BCUT2D eigenvalue weighted by Gasteiger charge is -2.31. The number of hydrogen-bond acceptors (Lipinski definition) is 5. The number of halogens is 1. The van der Waals surface area contributed by atoms with E-state index in [4.69, 9.17) is 0 Å². The van der Waals surface area contributed by atoms with E-state index >= 15 is 0 Å². The molecule has 1 aliphatic rings. The van der Waals surface area contributed by atoms with Crippen molar-refractivity contribution in [1.29, 1.82) is 0 Å². The molecule has 1 saturated carbocycles. The van der Waals surface area contributed by atoms with E-state index in [0.717, 1.165) is 62.8 Å². The lowest BCUT2D eigenvalue weighted by molar-refractivity contribution is 0.0851. The molecule has 0 amide bonds. The molecule has 4 aromatic heterocycles. The Morgan fingerprint density at radius 3 is 2.63 bits per heavy atom. The van der Waals surface area contributed by atoms with Crippen LogP contribution in [-0.4, -0.2) is 36.5 Å². The van der Waals surface area contributed by atoms with Crippen molar-refractivity contribution in [3.05, 3.63) is 85.1 Å². The molecule has 1 aliphatic carbocycles. The maximum absolute atomic E-state index is 14.6. The molecule has 2 aromatic carbocycles. The summed E-state index contributed by atoms with van der Waals surface area (Å²) in [5.41, 5.74) is 7.09. The Balaban J connectivity index is 1.26. The highest BCUT2D eigenvalue weighted by molar-refractivity contribution is 6.00. The van der Waals surface area contributed by atoms with Gasteiger partial charge in [-0.05, 0) is 60.9 Å². The Kier molecular flexibility index (Phi) is 5.40. The van der Waals surface area contributed by atoms with Crippen LogP contribution in [0.4, 0.5) is 10.1 Å². The van der Waals surface area contributed by atoms with Crippen LogP contribution < -0.4 is 5.32 Å². The van der Waals surface area contributed by atoms with Gasteiger partial charge in [-0.1, -0.05) is 24.6 Å². The molecular formula is C30H25FN6O. The number of aromatic amines is 2. The van der Waals surface area contributed by atoms with Crippen molar-refractivity contribution < 1.29 is 9.50 Å². The predicted molar refractivity (Wildman–Crippen MR) is 147 cm³/mol. The maximum atomic E-state index is 14.6. The molecule has 0 bridgehead atoms. The molecule has 1 unspecified atom stereocenters. The van der Waals surface area contributed by atoms with Gasteiger partial charge in [0.15, 0.2) is 0 Å². The Morgan fingerprint density at radius 1 is 0.921 bits per heavy atom. The zero-order chi connectivity index (χ0) is 25.6. The van der Waals surface area contributed by atoms with Crippen LogP contribution in [0.15, 0.2) is 79.3 Å². The van der Waals surface area contributed by atoms with Gasteiger partial charge in [0.25, 0.3) is 0 Å². The van der Waals surface area contributed by atoms with E-state index in [1.54, 1.807) is 24.5 Å². The number of nitrogens with zero attached hydrogens (tertiary/aromatic N) is 3. The van der Waals surface area contributed by atoms with Crippen LogP contribution in [0.25, 0.3) is 55.6 Å². The molecule has 4 heterocycles. The van der Waals surface area contributed by atoms with Gasteiger partial charge in [-0.15, -0.1) is 0 Å². The number of benzene rings is 2. The quantitative estimate of drug-likeness (QED) is 0.194. The minimum Gasteiger partial charge on any atom is -0.374 e. The van der Waals surface area contributed by atoms with Crippen molar-refractivity contribution in [3.63, 3.8) is 0 Å². The minimum atomic E-state index is -0.561. The average Bonchev–Trinajstić information content (AvgIpc) is 3.52.